The van der Waals surface area contributed by atoms with Crippen molar-refractivity contribution in [2.45, 2.75) is 19.4 Å². The minimum atomic E-state index is -1.14. The lowest BCUT2D eigenvalue weighted by Gasteiger charge is -2.40. The summed E-state index contributed by atoms with van der Waals surface area (Å²) in [5.41, 5.74) is 5.04. The Morgan fingerprint density at radius 3 is 2.70 bits per heavy atom. The molecule has 0 atom stereocenters. The van der Waals surface area contributed by atoms with E-state index in [0.717, 1.165) is 0 Å². The quantitative estimate of drug-likeness (QED) is 0.592. The number of benzene rings is 1. The SMILES string of the molecule is CC1(C)C(=O)NC(=O)CN1C(=O)c1cc(Cl)ccc1N. The molecule has 106 valence electrons. The molecule has 1 fully saturated rings. The molecule has 0 aromatic heterocycles. The van der Waals surface area contributed by atoms with E-state index < -0.39 is 23.3 Å². The first-order valence-corrected chi connectivity index (χ1v) is 6.32. The van der Waals surface area contributed by atoms with Gasteiger partial charge < -0.3 is 10.6 Å². The standard InChI is InChI=1S/C13H14ClN3O3/c1-13(2)12(20)16-10(18)6-17(13)11(19)8-5-7(14)3-4-9(8)15/h3-5H,6,15H2,1-2H3,(H,16,18,20). The Hall–Kier alpha value is -2.08. The average molecular weight is 296 g/mol. The second-order valence-corrected chi connectivity index (χ2v) is 5.50. The third-order valence-electron chi connectivity index (χ3n) is 3.28. The third-order valence-corrected chi connectivity index (χ3v) is 3.51. The minimum absolute atomic E-state index is 0.174. The van der Waals surface area contributed by atoms with E-state index >= 15 is 0 Å². The first-order valence-electron chi connectivity index (χ1n) is 5.95. The molecule has 0 unspecified atom stereocenters. The molecular formula is C13H14ClN3O3. The van der Waals surface area contributed by atoms with Crippen molar-refractivity contribution in [3.8, 4) is 0 Å². The number of rotatable bonds is 1. The van der Waals surface area contributed by atoms with Gasteiger partial charge in [0.25, 0.3) is 11.8 Å². The molecule has 1 saturated heterocycles. The molecule has 1 aromatic carbocycles. The predicted molar refractivity (Wildman–Crippen MR) is 74.1 cm³/mol. The zero-order valence-electron chi connectivity index (χ0n) is 11.1. The van der Waals surface area contributed by atoms with Crippen LogP contribution in [0.25, 0.3) is 0 Å². The van der Waals surface area contributed by atoms with Gasteiger partial charge in [0, 0.05) is 10.7 Å². The van der Waals surface area contributed by atoms with Gasteiger partial charge in [-0.15, -0.1) is 0 Å². The van der Waals surface area contributed by atoms with Gasteiger partial charge in [0.2, 0.25) is 5.91 Å². The van der Waals surface area contributed by atoms with Crippen LogP contribution in [0.3, 0.4) is 0 Å². The second-order valence-electron chi connectivity index (χ2n) is 5.06. The summed E-state index contributed by atoms with van der Waals surface area (Å²) in [5.74, 6) is -1.55. The number of carbonyl (C=O) groups excluding carboxylic acids is 3. The highest BCUT2D eigenvalue weighted by atomic mass is 35.5. The van der Waals surface area contributed by atoms with Gasteiger partial charge in [-0.3, -0.25) is 19.7 Å². The predicted octanol–water partition coefficient (Wildman–Crippen LogP) is 0.799. The normalized spacial score (nSPS) is 17.9. The maximum atomic E-state index is 12.5. The zero-order valence-corrected chi connectivity index (χ0v) is 11.8. The summed E-state index contributed by atoms with van der Waals surface area (Å²) in [4.78, 5) is 37.0. The Labute approximate surface area is 120 Å². The fourth-order valence-electron chi connectivity index (χ4n) is 1.97. The first-order chi connectivity index (χ1) is 9.23. The molecule has 3 amide bonds. The monoisotopic (exact) mass is 295 g/mol. The van der Waals surface area contributed by atoms with Gasteiger partial charge in [-0.2, -0.15) is 0 Å². The Balaban J connectivity index is 2.43. The van der Waals surface area contributed by atoms with E-state index in [1.54, 1.807) is 19.9 Å². The van der Waals surface area contributed by atoms with Crippen molar-refractivity contribution in [3.63, 3.8) is 0 Å². The van der Waals surface area contributed by atoms with E-state index in [1.165, 1.54) is 17.0 Å². The van der Waals surface area contributed by atoms with Gasteiger partial charge in [0.05, 0.1) is 5.56 Å². The van der Waals surface area contributed by atoms with Crippen LogP contribution in [0.4, 0.5) is 5.69 Å². The number of hydrogen-bond donors (Lipinski definition) is 2. The molecule has 1 aromatic rings. The van der Waals surface area contributed by atoms with E-state index in [1.807, 2.05) is 0 Å². The van der Waals surface area contributed by atoms with E-state index in [4.69, 9.17) is 17.3 Å². The number of anilines is 1. The van der Waals surface area contributed by atoms with Crippen molar-refractivity contribution < 1.29 is 14.4 Å². The molecule has 20 heavy (non-hydrogen) atoms. The Morgan fingerprint density at radius 2 is 2.05 bits per heavy atom. The number of nitrogen functional groups attached to an aromatic ring is 1. The van der Waals surface area contributed by atoms with Crippen LogP contribution in [0.15, 0.2) is 18.2 Å². The van der Waals surface area contributed by atoms with Crippen molar-refractivity contribution >= 4 is 35.0 Å². The fourth-order valence-corrected chi connectivity index (χ4v) is 2.14. The molecular weight excluding hydrogens is 282 g/mol. The highest BCUT2D eigenvalue weighted by Gasteiger charge is 2.44. The summed E-state index contributed by atoms with van der Waals surface area (Å²) < 4.78 is 0. The number of halogens is 1. The summed E-state index contributed by atoms with van der Waals surface area (Å²) in [6.07, 6.45) is 0. The number of imide groups is 1. The number of nitrogens with zero attached hydrogens (tertiary/aromatic N) is 1. The minimum Gasteiger partial charge on any atom is -0.398 e. The van der Waals surface area contributed by atoms with E-state index in [9.17, 15) is 14.4 Å². The van der Waals surface area contributed by atoms with Crippen LogP contribution in [0, 0.1) is 0 Å². The highest BCUT2D eigenvalue weighted by Crippen LogP contribution is 2.25. The molecule has 1 heterocycles. The van der Waals surface area contributed by atoms with Crippen LogP contribution in [-0.4, -0.2) is 34.7 Å². The van der Waals surface area contributed by atoms with Crippen LogP contribution in [0.5, 0.6) is 0 Å². The van der Waals surface area contributed by atoms with Gasteiger partial charge >= 0.3 is 0 Å². The Kier molecular flexibility index (Phi) is 3.43. The van der Waals surface area contributed by atoms with Crippen LogP contribution < -0.4 is 11.1 Å². The van der Waals surface area contributed by atoms with Crippen LogP contribution in [-0.2, 0) is 9.59 Å². The number of nitrogens with two attached hydrogens (primary N) is 1. The lowest BCUT2D eigenvalue weighted by molar-refractivity contribution is -0.143. The van der Waals surface area contributed by atoms with Gasteiger partial charge in [0.1, 0.15) is 12.1 Å². The van der Waals surface area contributed by atoms with Crippen LogP contribution in [0.2, 0.25) is 5.02 Å². The van der Waals surface area contributed by atoms with Crippen molar-refractivity contribution in [2.24, 2.45) is 0 Å². The average Bonchev–Trinajstić information content (AvgIpc) is 2.36. The Bertz CT molecular complexity index is 613. The number of hydrogen-bond acceptors (Lipinski definition) is 4. The topological polar surface area (TPSA) is 92.5 Å². The van der Waals surface area contributed by atoms with Crippen LogP contribution >= 0.6 is 11.6 Å². The molecule has 0 radical (unpaired) electrons. The summed E-state index contributed by atoms with van der Waals surface area (Å²) in [6.45, 7) is 2.92. The fraction of sp³-hybridized carbons (Fsp3) is 0.308. The maximum Gasteiger partial charge on any atom is 0.257 e. The summed E-state index contributed by atoms with van der Waals surface area (Å²) in [6, 6.07) is 4.49. The van der Waals surface area contributed by atoms with Gasteiger partial charge in [-0.1, -0.05) is 11.6 Å². The smallest absolute Gasteiger partial charge is 0.257 e. The number of piperazine rings is 1. The largest absolute Gasteiger partial charge is 0.398 e. The molecule has 1 aliphatic heterocycles. The van der Waals surface area contributed by atoms with E-state index in [-0.39, 0.29) is 17.8 Å². The molecule has 0 aliphatic carbocycles. The lowest BCUT2D eigenvalue weighted by atomic mass is 9.97. The maximum absolute atomic E-state index is 12.5. The zero-order chi connectivity index (χ0) is 15.1. The first kappa shape index (κ1) is 14.3. The van der Waals surface area contributed by atoms with E-state index in [2.05, 4.69) is 5.32 Å². The molecule has 1 aliphatic rings. The summed E-state index contributed by atoms with van der Waals surface area (Å²) in [5, 5.41) is 2.56. The molecule has 0 saturated carbocycles. The van der Waals surface area contributed by atoms with Crippen molar-refractivity contribution in [1.82, 2.24) is 10.2 Å². The molecule has 3 N–H and O–H groups in total. The summed E-state index contributed by atoms with van der Waals surface area (Å²) >= 11 is 5.86. The summed E-state index contributed by atoms with van der Waals surface area (Å²) in [7, 11) is 0. The Morgan fingerprint density at radius 1 is 1.40 bits per heavy atom. The molecule has 0 spiro atoms. The van der Waals surface area contributed by atoms with E-state index in [0.29, 0.717) is 5.02 Å². The highest BCUT2D eigenvalue weighted by molar-refractivity contribution is 6.31. The van der Waals surface area contributed by atoms with Gasteiger partial charge in [0.15, 0.2) is 0 Å². The molecule has 6 nitrogen and oxygen atoms in total. The molecule has 0 bridgehead atoms. The van der Waals surface area contributed by atoms with Crippen molar-refractivity contribution in [2.75, 3.05) is 12.3 Å². The third kappa shape index (κ3) is 2.34. The number of carbonyl (C=O) groups is 3. The van der Waals surface area contributed by atoms with Crippen molar-refractivity contribution in [3.05, 3.63) is 28.8 Å². The van der Waals surface area contributed by atoms with Crippen molar-refractivity contribution in [1.29, 1.82) is 0 Å². The number of nitrogens with one attached hydrogen (secondary N) is 1. The second kappa shape index (κ2) is 4.79. The van der Waals surface area contributed by atoms with Gasteiger partial charge in [-0.25, -0.2) is 0 Å². The lowest BCUT2D eigenvalue weighted by Crippen LogP contribution is -2.65. The van der Waals surface area contributed by atoms with Crippen LogP contribution in [0.1, 0.15) is 24.2 Å². The molecule has 2 rings (SSSR count). The van der Waals surface area contributed by atoms with Gasteiger partial charge in [-0.05, 0) is 32.0 Å². The number of amides is 3. The molecule has 7 heteroatoms.